The van der Waals surface area contributed by atoms with Gasteiger partial charge >= 0.3 is 5.97 Å². The van der Waals surface area contributed by atoms with Crippen LogP contribution >= 0.6 is 15.9 Å². The van der Waals surface area contributed by atoms with E-state index in [9.17, 15) is 14.7 Å². The van der Waals surface area contributed by atoms with Crippen LogP contribution in [0.15, 0.2) is 47.4 Å². The molecule has 3 aromatic rings. The molecular formula is C30H38BrNO6. The Labute approximate surface area is 232 Å². The molecule has 0 atom stereocenters. The van der Waals surface area contributed by atoms with E-state index in [2.05, 4.69) is 15.9 Å². The van der Waals surface area contributed by atoms with E-state index in [0.717, 1.165) is 31.0 Å². The molecule has 0 bridgehead atoms. The smallest absolute Gasteiger partial charge is 0.341 e. The number of ether oxygens (including phenoxy) is 3. The van der Waals surface area contributed by atoms with Crippen molar-refractivity contribution < 1.29 is 24.1 Å². The number of carboxylic acids is 1. The first-order chi connectivity index (χ1) is 18.5. The van der Waals surface area contributed by atoms with Gasteiger partial charge < -0.3 is 23.9 Å². The maximum atomic E-state index is 13.0. The molecule has 1 aromatic heterocycles. The predicted octanol–water partition coefficient (Wildman–Crippen LogP) is 7.38. The first-order valence-electron chi connectivity index (χ1n) is 13.5. The zero-order chi connectivity index (χ0) is 27.3. The molecular weight excluding hydrogens is 550 g/mol. The van der Waals surface area contributed by atoms with Crippen LogP contribution in [0.3, 0.4) is 0 Å². The summed E-state index contributed by atoms with van der Waals surface area (Å²) in [5, 5.41) is 11.1. The monoisotopic (exact) mass is 587 g/mol. The fourth-order valence-corrected chi connectivity index (χ4v) is 4.55. The van der Waals surface area contributed by atoms with Gasteiger partial charge in [-0.25, -0.2) is 4.79 Å². The second-order valence-electron chi connectivity index (χ2n) is 9.24. The quantitative estimate of drug-likeness (QED) is 0.131. The Hall–Kier alpha value is -3.00. The Morgan fingerprint density at radius 3 is 2.03 bits per heavy atom. The summed E-state index contributed by atoms with van der Waals surface area (Å²) >= 11 is 3.47. The first kappa shape index (κ1) is 29.6. The minimum atomic E-state index is -1.28. The Bertz CT molecular complexity index is 1230. The number of aromatic carboxylic acids is 1. The number of carbonyl (C=O) groups is 1. The van der Waals surface area contributed by atoms with Gasteiger partial charge in [0.2, 0.25) is 5.43 Å². The molecule has 2 aromatic carbocycles. The number of hydrogen-bond acceptors (Lipinski definition) is 5. The summed E-state index contributed by atoms with van der Waals surface area (Å²) in [6, 6.07) is 10.6. The Morgan fingerprint density at radius 2 is 1.42 bits per heavy atom. The molecule has 0 saturated carbocycles. The second-order valence-corrected chi connectivity index (χ2v) is 10.0. The van der Waals surface area contributed by atoms with Gasteiger partial charge in [-0.3, -0.25) is 4.79 Å². The van der Waals surface area contributed by atoms with E-state index >= 15 is 0 Å². The summed E-state index contributed by atoms with van der Waals surface area (Å²) in [5.74, 6) is 0.585. The summed E-state index contributed by atoms with van der Waals surface area (Å²) < 4.78 is 19.5. The molecule has 0 aliphatic rings. The Kier molecular flexibility index (Phi) is 12.0. The zero-order valence-electron chi connectivity index (χ0n) is 22.3. The van der Waals surface area contributed by atoms with Gasteiger partial charge in [0, 0.05) is 41.2 Å². The lowest BCUT2D eigenvalue weighted by atomic mass is 10.1. The van der Waals surface area contributed by atoms with Crippen molar-refractivity contribution in [3.05, 3.63) is 58.4 Å². The van der Waals surface area contributed by atoms with Gasteiger partial charge in [-0.05, 0) is 37.8 Å². The van der Waals surface area contributed by atoms with Crippen LogP contribution in [0.1, 0.15) is 75.6 Å². The molecule has 0 aliphatic heterocycles. The van der Waals surface area contributed by atoms with Gasteiger partial charge in [-0.2, -0.15) is 0 Å². The average Bonchev–Trinajstić information content (AvgIpc) is 2.92. The van der Waals surface area contributed by atoms with Crippen LogP contribution < -0.4 is 19.6 Å². The Morgan fingerprint density at radius 1 is 0.816 bits per heavy atom. The normalized spacial score (nSPS) is 11.0. The molecule has 0 saturated heterocycles. The van der Waals surface area contributed by atoms with Gasteiger partial charge in [-0.1, -0.05) is 55.5 Å². The second kappa shape index (κ2) is 15.4. The van der Waals surface area contributed by atoms with Gasteiger partial charge in [0.1, 0.15) is 22.8 Å². The number of rotatable bonds is 17. The van der Waals surface area contributed by atoms with E-state index < -0.39 is 11.4 Å². The van der Waals surface area contributed by atoms with Gasteiger partial charge in [-0.15, -0.1) is 0 Å². The van der Waals surface area contributed by atoms with Crippen LogP contribution in [0.25, 0.3) is 16.6 Å². The highest BCUT2D eigenvalue weighted by Crippen LogP contribution is 2.29. The van der Waals surface area contributed by atoms with Crippen molar-refractivity contribution >= 4 is 32.8 Å². The highest BCUT2D eigenvalue weighted by Gasteiger charge is 2.17. The van der Waals surface area contributed by atoms with Crippen LogP contribution in [-0.4, -0.2) is 40.8 Å². The molecule has 7 nitrogen and oxygen atoms in total. The summed E-state index contributed by atoms with van der Waals surface area (Å²) in [6.45, 7) is 5.71. The number of benzene rings is 2. The number of aromatic nitrogens is 1. The fourth-order valence-electron chi connectivity index (χ4n) is 4.16. The predicted molar refractivity (Wildman–Crippen MR) is 155 cm³/mol. The van der Waals surface area contributed by atoms with Crippen LogP contribution in [0, 0.1) is 0 Å². The SMILES string of the molecule is CCCOc1cc(OCCC)cc(-n2cc(C(=O)O)c(=O)c3ccc(OCCCCCCCCBr)cc32)c1. The average molecular weight is 589 g/mol. The molecule has 1 N–H and O–H groups in total. The van der Waals surface area contributed by atoms with Gasteiger partial charge in [0.15, 0.2) is 0 Å². The molecule has 0 aliphatic carbocycles. The molecule has 0 unspecified atom stereocenters. The standard InChI is InChI=1S/C30H38BrNO6/c1-3-14-36-24-17-22(18-25(19-24)37-15-4-2)32-21-27(30(34)35)29(33)26-12-11-23(20-28(26)32)38-16-10-8-6-5-7-9-13-31/h11-12,17-21H,3-10,13-16H2,1-2H3,(H,34,35). The molecule has 0 radical (unpaired) electrons. The lowest BCUT2D eigenvalue weighted by Gasteiger charge is -2.17. The van der Waals surface area contributed by atoms with Crippen molar-refractivity contribution in [2.45, 2.75) is 65.2 Å². The van der Waals surface area contributed by atoms with Crippen LogP contribution in [0.2, 0.25) is 0 Å². The van der Waals surface area contributed by atoms with E-state index in [0.29, 0.717) is 53.7 Å². The van der Waals surface area contributed by atoms with Crippen molar-refractivity contribution in [2.75, 3.05) is 25.2 Å². The molecule has 38 heavy (non-hydrogen) atoms. The molecule has 0 amide bonds. The van der Waals surface area contributed by atoms with Crippen LogP contribution in [0.5, 0.6) is 17.2 Å². The number of nitrogens with zero attached hydrogens (tertiary/aromatic N) is 1. The van der Waals surface area contributed by atoms with E-state index in [1.54, 1.807) is 22.8 Å². The lowest BCUT2D eigenvalue weighted by Crippen LogP contribution is -2.18. The van der Waals surface area contributed by atoms with Crippen LogP contribution in [0.4, 0.5) is 0 Å². The number of pyridine rings is 1. The summed E-state index contributed by atoms with van der Waals surface area (Å²) in [6.07, 6.45) is 9.97. The maximum Gasteiger partial charge on any atom is 0.341 e. The third-order valence-electron chi connectivity index (χ3n) is 6.09. The number of alkyl halides is 1. The zero-order valence-corrected chi connectivity index (χ0v) is 23.9. The molecule has 8 heteroatoms. The molecule has 1 heterocycles. The Balaban J connectivity index is 1.95. The maximum absolute atomic E-state index is 13.0. The minimum absolute atomic E-state index is 0.304. The van der Waals surface area contributed by atoms with Gasteiger partial charge in [0.05, 0.1) is 31.0 Å². The number of unbranched alkanes of at least 4 members (excludes halogenated alkanes) is 5. The number of fused-ring (bicyclic) bond motifs is 1. The van der Waals surface area contributed by atoms with Crippen molar-refractivity contribution in [1.82, 2.24) is 4.57 Å². The van der Waals surface area contributed by atoms with Crippen molar-refractivity contribution in [3.63, 3.8) is 0 Å². The minimum Gasteiger partial charge on any atom is -0.494 e. The fraction of sp³-hybridized carbons (Fsp3) is 0.467. The van der Waals surface area contributed by atoms with Crippen molar-refractivity contribution in [2.24, 2.45) is 0 Å². The molecule has 0 fully saturated rings. The number of hydrogen-bond donors (Lipinski definition) is 1. The molecule has 206 valence electrons. The number of carboxylic acid groups (broad SMARTS) is 1. The van der Waals surface area contributed by atoms with Crippen molar-refractivity contribution in [1.29, 1.82) is 0 Å². The van der Waals surface area contributed by atoms with Gasteiger partial charge in [0.25, 0.3) is 0 Å². The summed E-state index contributed by atoms with van der Waals surface area (Å²) in [5.41, 5.74) is 0.362. The summed E-state index contributed by atoms with van der Waals surface area (Å²) in [7, 11) is 0. The van der Waals surface area contributed by atoms with E-state index in [1.165, 1.54) is 31.9 Å². The lowest BCUT2D eigenvalue weighted by molar-refractivity contribution is 0.0695. The number of halogens is 1. The molecule has 0 spiro atoms. The summed E-state index contributed by atoms with van der Waals surface area (Å²) in [4.78, 5) is 24.9. The third kappa shape index (κ3) is 8.25. The van der Waals surface area contributed by atoms with Crippen molar-refractivity contribution in [3.8, 4) is 22.9 Å². The third-order valence-corrected chi connectivity index (χ3v) is 6.65. The van der Waals surface area contributed by atoms with E-state index in [1.807, 2.05) is 32.0 Å². The van der Waals surface area contributed by atoms with Crippen LogP contribution in [-0.2, 0) is 0 Å². The topological polar surface area (TPSA) is 87.0 Å². The largest absolute Gasteiger partial charge is 0.494 e. The highest BCUT2D eigenvalue weighted by atomic mass is 79.9. The first-order valence-corrected chi connectivity index (χ1v) is 14.6. The van der Waals surface area contributed by atoms with E-state index in [-0.39, 0.29) is 5.56 Å². The highest BCUT2D eigenvalue weighted by molar-refractivity contribution is 9.09. The van der Waals surface area contributed by atoms with E-state index in [4.69, 9.17) is 14.2 Å². The molecule has 3 rings (SSSR count).